The van der Waals surface area contributed by atoms with E-state index in [2.05, 4.69) is 12.3 Å². The summed E-state index contributed by atoms with van der Waals surface area (Å²) in [6.07, 6.45) is -13.3. The molecule has 0 aliphatic rings. The molecule has 37 heteroatoms. The van der Waals surface area contributed by atoms with Crippen LogP contribution < -0.4 is 0 Å². The van der Waals surface area contributed by atoms with Crippen LogP contribution in [0.15, 0.2) is 0 Å². The van der Waals surface area contributed by atoms with Crippen molar-refractivity contribution in [2.75, 3.05) is 33.0 Å². The van der Waals surface area contributed by atoms with E-state index in [9.17, 15) is 0 Å². The first-order chi connectivity index (χ1) is 20.4. The third-order valence-electron chi connectivity index (χ3n) is 2.28. The van der Waals surface area contributed by atoms with Gasteiger partial charge in [-0.25, -0.2) is 0 Å². The Morgan fingerprint density at radius 2 is 0.462 bits per heavy atom. The molecule has 0 aromatic heterocycles. The summed E-state index contributed by atoms with van der Waals surface area (Å²) in [4.78, 5) is 0. The average molecular weight is 1320 g/mol. The number of halogens is 21. The molecule has 0 aliphatic carbocycles. The van der Waals surface area contributed by atoms with Crippen molar-refractivity contribution in [1.29, 1.82) is 0 Å². The van der Waals surface area contributed by atoms with Crippen molar-refractivity contribution in [1.82, 2.24) is 0 Å². The first kappa shape index (κ1) is 83.1. The SMILES string of the molecule is C.C.C.C.C.CCO[Si](Cl)(Cl)OCC.CCO[Si](Cl)(OCC)OCC.Cl[Si](Cl)(Cl)Cl.Cl[Si](Cl)(Cl)O[Si](Cl)(Cl)Cl.Cl[Si](Cl)(Cl)O[Si](Cl)(Cl)O[Si](Cl)(Cl)Cl. The van der Waals surface area contributed by atoms with Crippen LogP contribution in [-0.4, -0.2) is 85.8 Å². The molecule has 0 rings (SSSR count). The first-order valence-corrected chi connectivity index (χ1v) is 47.4. The molecule has 0 aromatic carbocycles. The summed E-state index contributed by atoms with van der Waals surface area (Å²) in [6.45, 7) is 11.8. The van der Waals surface area contributed by atoms with E-state index in [-0.39, 0.29) is 37.1 Å². The summed E-state index contributed by atoms with van der Waals surface area (Å²) in [5.41, 5.74) is 0. The van der Waals surface area contributed by atoms with Gasteiger partial charge in [-0.05, 0) is 34.6 Å². The molecule has 0 unspecified atom stereocenters. The summed E-state index contributed by atoms with van der Waals surface area (Å²) in [6, 6.07) is 0. The summed E-state index contributed by atoms with van der Waals surface area (Å²) < 4.78 is 39.2. The molecule has 0 bridgehead atoms. The van der Waals surface area contributed by atoms with E-state index in [0.29, 0.717) is 33.0 Å². The Balaban J connectivity index is -0.0000000530. The molecule has 0 fully saturated rings. The molecule has 52 heavy (non-hydrogen) atoms. The van der Waals surface area contributed by atoms with Gasteiger partial charge in [-0.2, -0.15) is 0 Å². The molecule has 0 amide bonds. The van der Waals surface area contributed by atoms with Crippen LogP contribution in [0, 0.1) is 0 Å². The number of hydrogen-bond donors (Lipinski definition) is 0. The normalized spacial score (nSPS) is 11.9. The summed E-state index contributed by atoms with van der Waals surface area (Å²) in [5, 5.41) is -2.72. The van der Waals surface area contributed by atoms with Crippen molar-refractivity contribution in [2.24, 2.45) is 0 Å². The quantitative estimate of drug-likeness (QED) is 0.112. The fraction of sp³-hybridized carbons (Fsp3) is 1.00. The van der Waals surface area contributed by atoms with Crippen LogP contribution in [0.25, 0.3) is 0 Å². The molecule has 0 radical (unpaired) electrons. The Morgan fingerprint density at radius 1 is 0.288 bits per heavy atom. The highest BCUT2D eigenvalue weighted by Gasteiger charge is 2.50. The maximum Gasteiger partial charge on any atom is 0.613 e. The van der Waals surface area contributed by atoms with E-state index >= 15 is 0 Å². The second-order valence-electron chi connectivity index (χ2n) is 6.09. The van der Waals surface area contributed by atoms with E-state index in [1.54, 1.807) is 0 Å². The zero-order valence-corrected chi connectivity index (χ0v) is 47.6. The third kappa shape index (κ3) is 88.7. The zero-order chi connectivity index (χ0) is 39.2. The van der Waals surface area contributed by atoms with Gasteiger partial charge in [-0.15, -0.1) is 44.3 Å². The molecule has 0 atom stereocenters. The van der Waals surface area contributed by atoms with Gasteiger partial charge in [0.2, 0.25) is 0 Å². The largest absolute Gasteiger partial charge is 0.613 e. The lowest BCUT2D eigenvalue weighted by Crippen LogP contribution is -2.42. The molecule has 8 nitrogen and oxygen atoms in total. The van der Waals surface area contributed by atoms with Crippen LogP contribution >= 0.6 is 233 Å². The van der Waals surface area contributed by atoms with Crippen LogP contribution in [-0.2, 0) is 34.5 Å². The van der Waals surface area contributed by atoms with E-state index in [0.717, 1.165) is 0 Å². The molecule has 0 aliphatic heterocycles. The van der Waals surface area contributed by atoms with Crippen LogP contribution in [0.1, 0.15) is 71.8 Å². The minimum absolute atomic E-state index is 0. The van der Waals surface area contributed by atoms with E-state index in [4.69, 9.17) is 255 Å². The Morgan fingerprint density at radius 3 is 0.577 bits per heavy atom. The molecule has 0 aromatic rings. The maximum absolute atomic E-state index is 5.91. The molecule has 0 saturated heterocycles. The van der Waals surface area contributed by atoms with Gasteiger partial charge < -0.3 is 34.5 Å². The van der Waals surface area contributed by atoms with E-state index in [1.807, 2.05) is 34.6 Å². The summed E-state index contributed by atoms with van der Waals surface area (Å²) in [7, 11) is -9.23. The topological polar surface area (TPSA) is 73.8 Å². The van der Waals surface area contributed by atoms with Crippen molar-refractivity contribution < 1.29 is 34.5 Å². The predicted octanol–water partition coefficient (Wildman–Crippen LogP) is 16.8. The molecule has 0 heterocycles. The fourth-order valence-corrected chi connectivity index (χ4v) is 33.3. The fourth-order valence-electron chi connectivity index (χ4n) is 1.44. The molecule has 332 valence electrons. The minimum atomic E-state index is -3.70. The van der Waals surface area contributed by atoms with Gasteiger partial charge in [0.15, 0.2) is 0 Å². The monoisotopic (exact) mass is 1310 g/mol. The molecule has 0 saturated carbocycles. The highest BCUT2D eigenvalue weighted by molar-refractivity contribution is 7.81. The van der Waals surface area contributed by atoms with E-state index < -0.39 is 52.8 Å². The third-order valence-corrected chi connectivity index (χ3v) is 24.4. The van der Waals surface area contributed by atoms with E-state index in [1.165, 1.54) is 0 Å². The van der Waals surface area contributed by atoms with Gasteiger partial charge in [0.1, 0.15) is 0 Å². The smallest absolute Gasteiger partial charge is 0.387 e. The van der Waals surface area contributed by atoms with Crippen molar-refractivity contribution >= 4 is 285 Å². The molecule has 0 N–H and O–H groups in total. The van der Waals surface area contributed by atoms with Gasteiger partial charge in [0.05, 0.1) is 0 Å². The molecule has 0 spiro atoms. The Hall–Kier alpha value is 7.51. The van der Waals surface area contributed by atoms with Crippen LogP contribution in [0.2, 0.25) is 0 Å². The number of rotatable bonds is 16. The Bertz CT molecular complexity index is 703. The van der Waals surface area contributed by atoms with Crippen molar-refractivity contribution in [3.8, 4) is 0 Å². The highest BCUT2D eigenvalue weighted by Crippen LogP contribution is 2.36. The van der Waals surface area contributed by atoms with Crippen molar-refractivity contribution in [3.05, 3.63) is 0 Å². The van der Waals surface area contributed by atoms with Crippen molar-refractivity contribution in [3.63, 3.8) is 0 Å². The lowest BCUT2D eigenvalue weighted by Gasteiger charge is -2.23. The van der Waals surface area contributed by atoms with Crippen LogP contribution in [0.4, 0.5) is 0 Å². The van der Waals surface area contributed by atoms with Crippen LogP contribution in [0.5, 0.6) is 0 Å². The Kier molecular flexibility index (Phi) is 65.9. The molecular weight excluding hydrogens is 1280 g/mol. The van der Waals surface area contributed by atoms with Gasteiger partial charge >= 0.3 is 52.8 Å². The van der Waals surface area contributed by atoms with Gasteiger partial charge in [-0.3, -0.25) is 0 Å². The van der Waals surface area contributed by atoms with Gasteiger partial charge in [0.25, 0.3) is 0 Å². The lowest BCUT2D eigenvalue weighted by atomic mass is 10.9. The first-order valence-electron chi connectivity index (χ1n) is 11.2. The van der Waals surface area contributed by atoms with Crippen molar-refractivity contribution in [2.45, 2.75) is 71.8 Å². The average Bonchev–Trinajstić information content (AvgIpc) is 2.67. The van der Waals surface area contributed by atoms with Crippen LogP contribution in [0.3, 0.4) is 0 Å². The second-order valence-corrected chi connectivity index (χ2v) is 62.2. The summed E-state index contributed by atoms with van der Waals surface area (Å²) in [5.74, 6) is 0. The zero-order valence-electron chi connectivity index (χ0n) is 23.7. The minimum Gasteiger partial charge on any atom is -0.387 e. The molecular formula is C15H45Cl21O8Si8. The lowest BCUT2D eigenvalue weighted by molar-refractivity contribution is 0.0943. The van der Waals surface area contributed by atoms with Gasteiger partial charge in [-0.1, -0.05) is 225 Å². The Labute approximate surface area is 418 Å². The standard InChI is InChI=1S/C6H15ClO3Si.C4H10Cl2O2Si.5CH4.Cl8O2Si3.Cl6OSi2.Cl4Si/c1-4-8-11(7,9-5-2)10-6-3;1-3-7-9(5,6)8-4-2;;;;;;1-11(2,3)9-13(7,8)10-12(4,5)6;1-8(2,3)7-9(4,5)6;1-5(2,3)4/h4-6H2,1-3H3;3-4H2,1-2H3;5*1H4;;;. The van der Waals surface area contributed by atoms with Gasteiger partial charge in [0, 0.05) is 33.0 Å². The maximum atomic E-state index is 5.91. The summed E-state index contributed by atoms with van der Waals surface area (Å²) >= 11 is 112. The highest BCUT2D eigenvalue weighted by atomic mass is 36.0. The second kappa shape index (κ2) is 41.2. The number of hydrogen-bond acceptors (Lipinski definition) is 8. The predicted molar refractivity (Wildman–Crippen MR) is 264 cm³/mol.